The Kier molecular flexibility index (Phi) is 5.28. The lowest BCUT2D eigenvalue weighted by Gasteiger charge is -2.25. The Labute approximate surface area is 146 Å². The monoisotopic (exact) mass is 340 g/mol. The van der Waals surface area contributed by atoms with E-state index in [4.69, 9.17) is 9.47 Å². The molecule has 25 heavy (non-hydrogen) atoms. The number of hydrogen-bond acceptors (Lipinski definition) is 5. The zero-order chi connectivity index (χ0) is 17.6. The van der Waals surface area contributed by atoms with E-state index in [1.54, 1.807) is 12.4 Å². The van der Waals surface area contributed by atoms with E-state index >= 15 is 0 Å². The number of methoxy groups -OCH3 is 1. The zero-order valence-electron chi connectivity index (χ0n) is 14.0. The number of carbonyl (C=O) groups is 2. The molecule has 2 atom stereocenters. The number of aromatic nitrogens is 1. The highest BCUT2D eigenvalue weighted by atomic mass is 16.6. The quantitative estimate of drug-likeness (QED) is 0.801. The van der Waals surface area contributed by atoms with Gasteiger partial charge >= 0.3 is 12.1 Å². The third-order valence-corrected chi connectivity index (χ3v) is 4.41. The van der Waals surface area contributed by atoms with Crippen molar-refractivity contribution in [3.8, 4) is 0 Å². The van der Waals surface area contributed by atoms with Gasteiger partial charge in [-0.2, -0.15) is 0 Å². The molecular weight excluding hydrogens is 320 g/mol. The summed E-state index contributed by atoms with van der Waals surface area (Å²) in [6.45, 7) is 0.615. The SMILES string of the molecule is COC(=O)C1[C@@H](c2ccncc2)CCN1C(=O)OCc1ccccc1. The minimum Gasteiger partial charge on any atom is -0.467 e. The van der Waals surface area contributed by atoms with Crippen molar-refractivity contribution in [1.82, 2.24) is 9.88 Å². The van der Waals surface area contributed by atoms with Crippen LogP contribution in [0, 0.1) is 0 Å². The highest BCUT2D eigenvalue weighted by Crippen LogP contribution is 2.34. The molecule has 1 fully saturated rings. The van der Waals surface area contributed by atoms with Gasteiger partial charge in [-0.1, -0.05) is 30.3 Å². The van der Waals surface area contributed by atoms with Crippen LogP contribution < -0.4 is 0 Å². The number of ether oxygens (including phenoxy) is 2. The van der Waals surface area contributed by atoms with Gasteiger partial charge in [0, 0.05) is 24.9 Å². The van der Waals surface area contributed by atoms with Crippen LogP contribution in [-0.4, -0.2) is 41.6 Å². The van der Waals surface area contributed by atoms with Crippen LogP contribution in [0.4, 0.5) is 4.79 Å². The van der Waals surface area contributed by atoms with Gasteiger partial charge in [0.2, 0.25) is 0 Å². The van der Waals surface area contributed by atoms with Gasteiger partial charge in [-0.3, -0.25) is 9.88 Å². The van der Waals surface area contributed by atoms with Gasteiger partial charge in [-0.25, -0.2) is 9.59 Å². The van der Waals surface area contributed by atoms with E-state index in [9.17, 15) is 9.59 Å². The van der Waals surface area contributed by atoms with Crippen LogP contribution in [0.25, 0.3) is 0 Å². The van der Waals surface area contributed by atoms with Crippen molar-refractivity contribution in [1.29, 1.82) is 0 Å². The van der Waals surface area contributed by atoms with Crippen LogP contribution in [0.15, 0.2) is 54.9 Å². The number of esters is 1. The second-order valence-electron chi connectivity index (χ2n) is 5.88. The summed E-state index contributed by atoms with van der Waals surface area (Å²) in [4.78, 5) is 30.3. The minimum atomic E-state index is -0.685. The van der Waals surface area contributed by atoms with Crippen LogP contribution in [0.1, 0.15) is 23.5 Å². The second-order valence-corrected chi connectivity index (χ2v) is 5.88. The van der Waals surface area contributed by atoms with E-state index in [1.807, 2.05) is 42.5 Å². The first-order valence-corrected chi connectivity index (χ1v) is 8.16. The Hall–Kier alpha value is -2.89. The van der Waals surface area contributed by atoms with Crippen molar-refractivity contribution < 1.29 is 19.1 Å². The Morgan fingerprint density at radius 1 is 1.16 bits per heavy atom. The molecule has 1 amide bonds. The van der Waals surface area contributed by atoms with Crippen LogP contribution in [0.3, 0.4) is 0 Å². The number of likely N-dealkylation sites (tertiary alicyclic amines) is 1. The number of nitrogens with zero attached hydrogens (tertiary/aromatic N) is 2. The zero-order valence-corrected chi connectivity index (χ0v) is 14.0. The van der Waals surface area contributed by atoms with Gasteiger partial charge in [-0.15, -0.1) is 0 Å². The highest BCUT2D eigenvalue weighted by Gasteiger charge is 2.44. The largest absolute Gasteiger partial charge is 0.467 e. The maximum Gasteiger partial charge on any atom is 0.410 e. The van der Waals surface area contributed by atoms with Gasteiger partial charge in [0.1, 0.15) is 12.6 Å². The van der Waals surface area contributed by atoms with Crippen molar-refractivity contribution in [3.63, 3.8) is 0 Å². The Morgan fingerprint density at radius 2 is 1.88 bits per heavy atom. The Morgan fingerprint density at radius 3 is 2.56 bits per heavy atom. The molecular formula is C19H20N2O4. The average Bonchev–Trinajstić information content (AvgIpc) is 3.12. The maximum atomic E-state index is 12.5. The molecule has 1 aliphatic heterocycles. The predicted octanol–water partition coefficient (Wildman–Crippen LogP) is 2.75. The third kappa shape index (κ3) is 3.79. The number of pyridine rings is 1. The molecule has 2 aromatic rings. The summed E-state index contributed by atoms with van der Waals surface area (Å²) in [6, 6.07) is 12.5. The van der Waals surface area contributed by atoms with Gasteiger partial charge < -0.3 is 9.47 Å². The van der Waals surface area contributed by atoms with Crippen LogP contribution in [-0.2, 0) is 20.9 Å². The van der Waals surface area contributed by atoms with Gasteiger partial charge in [0.25, 0.3) is 0 Å². The minimum absolute atomic E-state index is 0.125. The number of benzene rings is 1. The molecule has 130 valence electrons. The molecule has 1 aliphatic rings. The van der Waals surface area contributed by atoms with Crippen molar-refractivity contribution >= 4 is 12.1 Å². The normalized spacial score (nSPS) is 19.5. The highest BCUT2D eigenvalue weighted by molar-refractivity contribution is 5.83. The Balaban J connectivity index is 1.73. The molecule has 1 aromatic carbocycles. The predicted molar refractivity (Wildman–Crippen MR) is 90.7 cm³/mol. The van der Waals surface area contributed by atoms with Crippen molar-refractivity contribution in [3.05, 3.63) is 66.0 Å². The summed E-state index contributed by atoms with van der Waals surface area (Å²) in [5, 5.41) is 0. The molecule has 1 unspecified atom stereocenters. The fraction of sp³-hybridized carbons (Fsp3) is 0.316. The molecule has 1 aromatic heterocycles. The smallest absolute Gasteiger partial charge is 0.410 e. The lowest BCUT2D eigenvalue weighted by Crippen LogP contribution is -2.43. The number of rotatable bonds is 4. The number of amides is 1. The lowest BCUT2D eigenvalue weighted by atomic mass is 9.92. The van der Waals surface area contributed by atoms with E-state index in [1.165, 1.54) is 12.0 Å². The van der Waals surface area contributed by atoms with Crippen LogP contribution in [0.5, 0.6) is 0 Å². The van der Waals surface area contributed by atoms with Crippen molar-refractivity contribution in [2.75, 3.05) is 13.7 Å². The van der Waals surface area contributed by atoms with E-state index in [0.717, 1.165) is 11.1 Å². The molecule has 0 aliphatic carbocycles. The van der Waals surface area contributed by atoms with E-state index in [0.29, 0.717) is 13.0 Å². The Bertz CT molecular complexity index is 721. The number of carbonyl (C=O) groups excluding carboxylic acids is 2. The molecule has 1 saturated heterocycles. The second kappa shape index (κ2) is 7.79. The summed E-state index contributed by atoms with van der Waals surface area (Å²) in [6.07, 6.45) is 3.53. The first-order valence-electron chi connectivity index (χ1n) is 8.16. The van der Waals surface area contributed by atoms with E-state index in [-0.39, 0.29) is 12.5 Å². The van der Waals surface area contributed by atoms with Crippen molar-refractivity contribution in [2.45, 2.75) is 25.0 Å². The first kappa shape index (κ1) is 17.0. The first-order chi connectivity index (χ1) is 12.2. The molecule has 0 radical (unpaired) electrons. The molecule has 6 nitrogen and oxygen atoms in total. The summed E-state index contributed by atoms with van der Waals surface area (Å²) in [5.74, 6) is -0.560. The molecule has 0 saturated carbocycles. The van der Waals surface area contributed by atoms with E-state index in [2.05, 4.69) is 4.98 Å². The molecule has 0 bridgehead atoms. The topological polar surface area (TPSA) is 68.7 Å². The fourth-order valence-electron chi connectivity index (χ4n) is 3.17. The summed E-state index contributed by atoms with van der Waals surface area (Å²) >= 11 is 0. The maximum absolute atomic E-state index is 12.5. The molecule has 0 N–H and O–H groups in total. The van der Waals surface area contributed by atoms with Crippen molar-refractivity contribution in [2.24, 2.45) is 0 Å². The third-order valence-electron chi connectivity index (χ3n) is 4.41. The van der Waals surface area contributed by atoms with Gasteiger partial charge in [-0.05, 0) is 29.7 Å². The average molecular weight is 340 g/mol. The van der Waals surface area contributed by atoms with Gasteiger partial charge in [0.15, 0.2) is 0 Å². The number of hydrogen-bond donors (Lipinski definition) is 0. The standard InChI is InChI=1S/C19H20N2O4/c1-24-18(22)17-16(15-7-10-20-11-8-15)9-12-21(17)19(23)25-13-14-5-3-2-4-6-14/h2-8,10-11,16-17H,9,12-13H2,1H3/t16-,17?/m1/s1. The van der Waals surface area contributed by atoms with Crippen LogP contribution in [0.2, 0.25) is 0 Å². The molecule has 3 rings (SSSR count). The van der Waals surface area contributed by atoms with Crippen LogP contribution >= 0.6 is 0 Å². The van der Waals surface area contributed by atoms with Gasteiger partial charge in [0.05, 0.1) is 7.11 Å². The molecule has 2 heterocycles. The molecule has 6 heteroatoms. The summed E-state index contributed by atoms with van der Waals surface area (Å²) in [5.41, 5.74) is 1.86. The molecule has 0 spiro atoms. The summed E-state index contributed by atoms with van der Waals surface area (Å²) < 4.78 is 10.3. The lowest BCUT2D eigenvalue weighted by molar-refractivity contribution is -0.145. The summed E-state index contributed by atoms with van der Waals surface area (Å²) in [7, 11) is 1.33. The fourth-order valence-corrected chi connectivity index (χ4v) is 3.17. The van der Waals surface area contributed by atoms with E-state index < -0.39 is 18.1 Å².